The number of rotatable bonds is 5. The van der Waals surface area contributed by atoms with E-state index in [-0.39, 0.29) is 0 Å². The molecule has 6 heteroatoms. The van der Waals surface area contributed by atoms with Crippen molar-refractivity contribution in [1.29, 1.82) is 0 Å². The van der Waals surface area contributed by atoms with Gasteiger partial charge in [0.1, 0.15) is 5.82 Å². The fourth-order valence-corrected chi connectivity index (χ4v) is 1.56. The van der Waals surface area contributed by atoms with Crippen LogP contribution in [0.5, 0.6) is 5.88 Å². The maximum absolute atomic E-state index is 5.02. The zero-order valence-corrected chi connectivity index (χ0v) is 11.3. The Morgan fingerprint density at radius 2 is 2.05 bits per heavy atom. The molecule has 6 nitrogen and oxygen atoms in total. The van der Waals surface area contributed by atoms with Gasteiger partial charge in [0, 0.05) is 37.6 Å². The van der Waals surface area contributed by atoms with Gasteiger partial charge in [-0.3, -0.25) is 0 Å². The van der Waals surface area contributed by atoms with E-state index in [4.69, 9.17) is 4.74 Å². The fourth-order valence-electron chi connectivity index (χ4n) is 1.56. The summed E-state index contributed by atoms with van der Waals surface area (Å²) >= 11 is 0. The van der Waals surface area contributed by atoms with E-state index < -0.39 is 0 Å². The summed E-state index contributed by atoms with van der Waals surface area (Å²) in [6.45, 7) is 2.62. The monoisotopic (exact) mass is 259 g/mol. The first kappa shape index (κ1) is 13.1. The normalized spacial score (nSPS) is 10.1. The fraction of sp³-hybridized carbons (Fsp3) is 0.308. The molecule has 19 heavy (non-hydrogen) atoms. The van der Waals surface area contributed by atoms with Crippen molar-refractivity contribution in [1.82, 2.24) is 15.0 Å². The van der Waals surface area contributed by atoms with Gasteiger partial charge in [-0.25, -0.2) is 9.97 Å². The van der Waals surface area contributed by atoms with Crippen molar-refractivity contribution >= 4 is 11.8 Å². The highest BCUT2D eigenvalue weighted by Gasteiger charge is 2.03. The second-order valence-electron chi connectivity index (χ2n) is 4.04. The molecule has 0 bridgehead atoms. The summed E-state index contributed by atoms with van der Waals surface area (Å²) in [6.07, 6.45) is 3.56. The zero-order valence-electron chi connectivity index (χ0n) is 11.3. The molecule has 0 fully saturated rings. The summed E-state index contributed by atoms with van der Waals surface area (Å²) in [5.74, 6) is 2.02. The van der Waals surface area contributed by atoms with Crippen molar-refractivity contribution in [2.24, 2.45) is 0 Å². The first-order chi connectivity index (χ1) is 9.22. The molecular formula is C13H17N5O. The summed E-state index contributed by atoms with van der Waals surface area (Å²) in [5, 5.41) is 6.19. The van der Waals surface area contributed by atoms with Crippen molar-refractivity contribution in [2.75, 3.05) is 24.8 Å². The number of methoxy groups -OCH3 is 1. The van der Waals surface area contributed by atoms with E-state index >= 15 is 0 Å². The van der Waals surface area contributed by atoms with Crippen LogP contribution in [0.25, 0.3) is 0 Å². The van der Waals surface area contributed by atoms with Crippen LogP contribution in [0.2, 0.25) is 0 Å². The van der Waals surface area contributed by atoms with Crippen LogP contribution >= 0.6 is 0 Å². The lowest BCUT2D eigenvalue weighted by Gasteiger charge is -2.09. The average Bonchev–Trinajstić information content (AvgIpc) is 2.47. The Morgan fingerprint density at radius 3 is 2.68 bits per heavy atom. The minimum absolute atomic E-state index is 0.598. The van der Waals surface area contributed by atoms with Crippen molar-refractivity contribution in [3.63, 3.8) is 0 Å². The molecule has 0 amide bonds. The topological polar surface area (TPSA) is 72.0 Å². The lowest BCUT2D eigenvalue weighted by Crippen LogP contribution is -2.06. The number of hydrogen-bond donors (Lipinski definition) is 2. The number of ether oxygens (including phenoxy) is 1. The van der Waals surface area contributed by atoms with Crippen LogP contribution in [0.3, 0.4) is 0 Å². The first-order valence-electron chi connectivity index (χ1n) is 5.97. The lowest BCUT2D eigenvalue weighted by molar-refractivity contribution is 0.397. The smallest absolute Gasteiger partial charge is 0.224 e. The van der Waals surface area contributed by atoms with Gasteiger partial charge in [0.2, 0.25) is 11.8 Å². The third-order valence-corrected chi connectivity index (χ3v) is 2.66. The molecule has 0 unspecified atom stereocenters. The first-order valence-corrected chi connectivity index (χ1v) is 5.97. The summed E-state index contributed by atoms with van der Waals surface area (Å²) < 4.78 is 5.02. The van der Waals surface area contributed by atoms with Crippen LogP contribution in [0.4, 0.5) is 11.8 Å². The molecule has 0 radical (unpaired) electrons. The lowest BCUT2D eigenvalue weighted by atomic mass is 10.2. The average molecular weight is 259 g/mol. The van der Waals surface area contributed by atoms with Gasteiger partial charge in [0.25, 0.3) is 0 Å². The molecule has 2 heterocycles. The number of nitrogens with one attached hydrogen (secondary N) is 2. The molecule has 0 atom stereocenters. The third kappa shape index (κ3) is 3.31. The van der Waals surface area contributed by atoms with Crippen molar-refractivity contribution in [3.8, 4) is 5.88 Å². The number of aryl methyl sites for hydroxylation is 1. The van der Waals surface area contributed by atoms with E-state index in [1.165, 1.54) is 0 Å². The van der Waals surface area contributed by atoms with Gasteiger partial charge < -0.3 is 15.4 Å². The molecule has 0 aliphatic heterocycles. The number of anilines is 2. The second kappa shape index (κ2) is 5.99. The quantitative estimate of drug-likeness (QED) is 0.853. The predicted octanol–water partition coefficient (Wildman–Crippen LogP) is 1.84. The molecule has 0 aliphatic rings. The number of aromatic nitrogens is 3. The van der Waals surface area contributed by atoms with Crippen LogP contribution in [0, 0.1) is 6.92 Å². The van der Waals surface area contributed by atoms with Crippen molar-refractivity contribution in [3.05, 3.63) is 35.7 Å². The van der Waals surface area contributed by atoms with Crippen LogP contribution < -0.4 is 15.4 Å². The Kier molecular flexibility index (Phi) is 4.12. The van der Waals surface area contributed by atoms with Crippen molar-refractivity contribution in [2.45, 2.75) is 13.5 Å². The Labute approximate surface area is 112 Å². The van der Waals surface area contributed by atoms with Crippen molar-refractivity contribution < 1.29 is 4.74 Å². The molecule has 0 saturated heterocycles. The molecule has 0 aromatic carbocycles. The van der Waals surface area contributed by atoms with E-state index in [2.05, 4.69) is 25.6 Å². The molecule has 0 saturated carbocycles. The molecule has 2 rings (SSSR count). The number of nitrogens with zero attached hydrogens (tertiary/aromatic N) is 3. The number of hydrogen-bond acceptors (Lipinski definition) is 6. The van der Waals surface area contributed by atoms with Gasteiger partial charge in [0.15, 0.2) is 0 Å². The van der Waals surface area contributed by atoms with E-state index in [1.54, 1.807) is 26.6 Å². The maximum Gasteiger partial charge on any atom is 0.224 e. The van der Waals surface area contributed by atoms with Crippen LogP contribution in [-0.2, 0) is 6.54 Å². The SMILES string of the molecule is CNc1ncc(C)c(NCc2ccc(OC)nc2)n1. The molecule has 2 N–H and O–H groups in total. The largest absolute Gasteiger partial charge is 0.481 e. The Morgan fingerprint density at radius 1 is 1.21 bits per heavy atom. The molecule has 2 aromatic heterocycles. The van der Waals surface area contributed by atoms with E-state index in [0.29, 0.717) is 18.4 Å². The molecule has 100 valence electrons. The van der Waals surface area contributed by atoms with Gasteiger partial charge in [-0.1, -0.05) is 6.07 Å². The summed E-state index contributed by atoms with van der Waals surface area (Å²) in [7, 11) is 3.39. The van der Waals surface area contributed by atoms with E-state index in [1.807, 2.05) is 19.1 Å². The highest BCUT2D eigenvalue weighted by molar-refractivity contribution is 5.46. The van der Waals surface area contributed by atoms with Gasteiger partial charge >= 0.3 is 0 Å². The molecular weight excluding hydrogens is 242 g/mol. The van der Waals surface area contributed by atoms with Gasteiger partial charge in [-0.05, 0) is 12.5 Å². The molecule has 0 spiro atoms. The Bertz CT molecular complexity index is 541. The Hall–Kier alpha value is -2.37. The summed E-state index contributed by atoms with van der Waals surface area (Å²) in [5.41, 5.74) is 2.06. The minimum Gasteiger partial charge on any atom is -0.481 e. The highest BCUT2D eigenvalue weighted by atomic mass is 16.5. The summed E-state index contributed by atoms with van der Waals surface area (Å²) in [6, 6.07) is 3.80. The third-order valence-electron chi connectivity index (χ3n) is 2.66. The standard InChI is InChI=1S/C13H17N5O/c1-9-6-17-13(14-2)18-12(9)16-8-10-4-5-11(19-3)15-7-10/h4-7H,8H2,1-3H3,(H2,14,16,17,18). The predicted molar refractivity (Wildman–Crippen MR) is 74.4 cm³/mol. The van der Waals surface area contributed by atoms with Gasteiger partial charge in [-0.15, -0.1) is 0 Å². The second-order valence-corrected chi connectivity index (χ2v) is 4.04. The highest BCUT2D eigenvalue weighted by Crippen LogP contribution is 2.14. The summed E-state index contributed by atoms with van der Waals surface area (Å²) in [4.78, 5) is 12.7. The van der Waals surface area contributed by atoms with E-state index in [9.17, 15) is 0 Å². The maximum atomic E-state index is 5.02. The van der Waals surface area contributed by atoms with Crippen LogP contribution in [-0.4, -0.2) is 29.1 Å². The Balaban J connectivity index is 2.05. The van der Waals surface area contributed by atoms with Crippen LogP contribution in [0.15, 0.2) is 24.5 Å². The molecule has 2 aromatic rings. The van der Waals surface area contributed by atoms with Gasteiger partial charge in [-0.2, -0.15) is 4.98 Å². The number of pyridine rings is 1. The van der Waals surface area contributed by atoms with Gasteiger partial charge in [0.05, 0.1) is 7.11 Å². The zero-order chi connectivity index (χ0) is 13.7. The molecule has 0 aliphatic carbocycles. The minimum atomic E-state index is 0.598. The van der Waals surface area contributed by atoms with E-state index in [0.717, 1.165) is 16.9 Å². The van der Waals surface area contributed by atoms with Crippen LogP contribution in [0.1, 0.15) is 11.1 Å².